The number of aromatic nitrogens is 4. The van der Waals surface area contributed by atoms with Gasteiger partial charge in [-0.25, -0.2) is 19.6 Å². The number of fused-ring (bicyclic) bond motifs is 3. The quantitative estimate of drug-likeness (QED) is 0.169. The first kappa shape index (κ1) is 33.7. The predicted octanol–water partition coefficient (Wildman–Crippen LogP) is 9.83. The number of rotatable bonds is 7. The van der Waals surface area contributed by atoms with E-state index in [1.165, 1.54) is 0 Å². The van der Waals surface area contributed by atoms with Crippen LogP contribution in [0.25, 0.3) is 44.4 Å². The van der Waals surface area contributed by atoms with E-state index in [4.69, 9.17) is 19.4 Å². The van der Waals surface area contributed by atoms with Crippen LogP contribution in [-0.4, -0.2) is 59.6 Å². The Labute approximate surface area is 319 Å². The van der Waals surface area contributed by atoms with Crippen LogP contribution in [0.4, 0.5) is 9.59 Å². The number of likely N-dealkylation sites (tertiary alicyclic amines) is 2. The van der Waals surface area contributed by atoms with E-state index in [-0.39, 0.29) is 43.0 Å². The Morgan fingerprint density at radius 1 is 0.655 bits per heavy atom. The third kappa shape index (κ3) is 6.43. The number of hydrogen-bond donors (Lipinski definition) is 2. The topological polar surface area (TPSA) is 116 Å². The average Bonchev–Trinajstić information content (AvgIpc) is 3.77. The number of nitrogens with zero attached hydrogens (tertiary/aromatic N) is 4. The lowest BCUT2D eigenvalue weighted by Crippen LogP contribution is -2.38. The van der Waals surface area contributed by atoms with Crippen LogP contribution in [0, 0.1) is 11.8 Å². The van der Waals surface area contributed by atoms with Crippen molar-refractivity contribution >= 4 is 23.0 Å². The lowest BCUT2D eigenvalue weighted by atomic mass is 9.98. The lowest BCUT2D eigenvalue weighted by molar-refractivity contribution is 0.0175. The van der Waals surface area contributed by atoms with Crippen LogP contribution in [0.15, 0.2) is 103 Å². The molecule has 10 heteroatoms. The van der Waals surface area contributed by atoms with Crippen molar-refractivity contribution in [3.8, 4) is 33.6 Å². The van der Waals surface area contributed by atoms with E-state index >= 15 is 0 Å². The second-order valence-electron chi connectivity index (χ2n) is 16.7. The Morgan fingerprint density at radius 3 is 1.80 bits per heavy atom. The SMILES string of the molecule is CC(C)(C)OC(=O)N1[C@@H]2CC2C[C@H]1c1ncc(-c2ccc3cc(-c4ccc(-c5cnc(C6C[C@H]7C[C@H]7N6C(=O)OCc6ccccc6)[nH]5)cc4)ccc3c2)[nH]1. The second-order valence-corrected chi connectivity index (χ2v) is 16.7. The fraction of sp³-hybridized carbons (Fsp3) is 0.333. The molecule has 0 bridgehead atoms. The van der Waals surface area contributed by atoms with E-state index < -0.39 is 5.60 Å². The number of piperidine rings is 2. The second kappa shape index (κ2) is 12.9. The molecule has 6 atom stereocenters. The lowest BCUT2D eigenvalue weighted by Gasteiger charge is -2.29. The molecule has 4 heterocycles. The molecule has 10 nitrogen and oxygen atoms in total. The summed E-state index contributed by atoms with van der Waals surface area (Å²) in [5, 5.41) is 2.29. The largest absolute Gasteiger partial charge is 0.445 e. The van der Waals surface area contributed by atoms with Crippen LogP contribution in [0.5, 0.6) is 0 Å². The van der Waals surface area contributed by atoms with Gasteiger partial charge in [0.05, 0.1) is 35.9 Å². The normalized spacial score (nSPS) is 23.8. The minimum absolute atomic E-state index is 0.0960. The molecule has 0 radical (unpaired) electrons. The van der Waals surface area contributed by atoms with Crippen molar-refractivity contribution < 1.29 is 19.1 Å². The zero-order valence-electron chi connectivity index (χ0n) is 31.2. The summed E-state index contributed by atoms with van der Waals surface area (Å²) >= 11 is 0. The van der Waals surface area contributed by atoms with Crippen molar-refractivity contribution in [1.29, 1.82) is 0 Å². The highest BCUT2D eigenvalue weighted by molar-refractivity contribution is 5.90. The summed E-state index contributed by atoms with van der Waals surface area (Å²) in [5.41, 5.74) is 6.65. The Bertz CT molecular complexity index is 2410. The molecule has 2 aliphatic heterocycles. The van der Waals surface area contributed by atoms with Gasteiger partial charge in [-0.05, 0) is 103 Å². The number of nitrogens with one attached hydrogen (secondary N) is 2. The minimum atomic E-state index is -0.537. The Kier molecular flexibility index (Phi) is 7.87. The number of carbonyl (C=O) groups is 2. The molecular formula is C45H44N6O4. The summed E-state index contributed by atoms with van der Waals surface area (Å²) in [7, 11) is 0. The van der Waals surface area contributed by atoms with Gasteiger partial charge in [0.15, 0.2) is 0 Å². The van der Waals surface area contributed by atoms with Gasteiger partial charge < -0.3 is 19.4 Å². The maximum absolute atomic E-state index is 13.2. The summed E-state index contributed by atoms with van der Waals surface area (Å²) in [6, 6.07) is 31.6. The number of carbonyl (C=O) groups excluding carboxylic acids is 2. The van der Waals surface area contributed by atoms with Gasteiger partial charge in [0.25, 0.3) is 0 Å². The Balaban J connectivity index is 0.814. The average molecular weight is 733 g/mol. The Hall–Kier alpha value is -5.90. The predicted molar refractivity (Wildman–Crippen MR) is 210 cm³/mol. The summed E-state index contributed by atoms with van der Waals surface area (Å²) in [6.45, 7) is 5.98. The number of benzene rings is 4. The maximum Gasteiger partial charge on any atom is 0.411 e. The molecule has 0 spiro atoms. The number of imidazole rings is 2. The molecule has 4 fully saturated rings. The molecule has 6 aromatic rings. The zero-order valence-corrected chi connectivity index (χ0v) is 31.2. The molecular weight excluding hydrogens is 689 g/mol. The van der Waals surface area contributed by atoms with Crippen molar-refractivity contribution in [2.75, 3.05) is 0 Å². The molecule has 2 N–H and O–H groups in total. The van der Waals surface area contributed by atoms with Gasteiger partial charge >= 0.3 is 12.2 Å². The number of hydrogen-bond acceptors (Lipinski definition) is 6. The molecule has 2 unspecified atom stereocenters. The summed E-state index contributed by atoms with van der Waals surface area (Å²) < 4.78 is 11.5. The Morgan fingerprint density at radius 2 is 1.18 bits per heavy atom. The van der Waals surface area contributed by atoms with Crippen LogP contribution in [0.1, 0.15) is 75.8 Å². The van der Waals surface area contributed by atoms with Crippen LogP contribution in [-0.2, 0) is 16.1 Å². The van der Waals surface area contributed by atoms with Crippen molar-refractivity contribution in [1.82, 2.24) is 29.7 Å². The van der Waals surface area contributed by atoms with E-state index in [2.05, 4.69) is 70.6 Å². The molecule has 10 rings (SSSR count). The van der Waals surface area contributed by atoms with E-state index in [1.54, 1.807) is 0 Å². The monoisotopic (exact) mass is 732 g/mol. The summed E-state index contributed by atoms with van der Waals surface area (Å²) in [6.07, 6.45) is 7.11. The van der Waals surface area contributed by atoms with E-state index in [0.717, 1.165) is 87.3 Å². The highest BCUT2D eigenvalue weighted by Gasteiger charge is 2.57. The van der Waals surface area contributed by atoms with Crippen LogP contribution >= 0.6 is 0 Å². The van der Waals surface area contributed by atoms with Gasteiger partial charge in [0.2, 0.25) is 0 Å². The fourth-order valence-electron chi connectivity index (χ4n) is 8.78. The first-order chi connectivity index (χ1) is 26.6. The molecule has 2 saturated carbocycles. The van der Waals surface area contributed by atoms with Crippen molar-refractivity contribution in [3.05, 3.63) is 121 Å². The number of amides is 2. The van der Waals surface area contributed by atoms with Crippen LogP contribution in [0.2, 0.25) is 0 Å². The van der Waals surface area contributed by atoms with Gasteiger partial charge in [-0.1, -0.05) is 78.9 Å². The summed E-state index contributed by atoms with van der Waals surface area (Å²) in [5.74, 6) is 2.66. The highest BCUT2D eigenvalue weighted by atomic mass is 16.6. The van der Waals surface area contributed by atoms with Crippen molar-refractivity contribution in [2.45, 2.75) is 82.8 Å². The number of ether oxygens (including phenoxy) is 2. The van der Waals surface area contributed by atoms with Crippen molar-refractivity contribution in [3.63, 3.8) is 0 Å². The molecule has 4 aromatic carbocycles. The van der Waals surface area contributed by atoms with Crippen LogP contribution in [0.3, 0.4) is 0 Å². The van der Waals surface area contributed by atoms with Gasteiger partial charge in [-0.15, -0.1) is 0 Å². The standard InChI is InChI=1S/C45H44N6O4/c1-45(2,3)55-44(53)51-38-20-34(38)22-40(51)42-47-24-36(49-42)32-16-15-30-17-29(13-14-31(30)18-32)27-9-11-28(12-10-27)35-23-46-41(48-35)39-21-33-19-37(33)50(39)43(52)54-25-26-7-5-4-6-8-26/h4-18,23-24,33-34,37-40H,19-22,25H2,1-3H3,(H,46,48)(H,47,49)/t33-,34?,37-,38-,39?,40+/m1/s1. The fourth-order valence-corrected chi connectivity index (χ4v) is 8.78. The van der Waals surface area contributed by atoms with Gasteiger partial charge in [-0.3, -0.25) is 9.80 Å². The highest BCUT2D eigenvalue weighted by Crippen LogP contribution is 2.54. The third-order valence-electron chi connectivity index (χ3n) is 11.7. The number of aromatic amines is 2. The molecule has 278 valence electrons. The van der Waals surface area contributed by atoms with Crippen molar-refractivity contribution in [2.24, 2.45) is 11.8 Å². The molecule has 2 amide bonds. The van der Waals surface area contributed by atoms with E-state index in [9.17, 15) is 9.59 Å². The van der Waals surface area contributed by atoms with Crippen LogP contribution < -0.4 is 0 Å². The summed E-state index contributed by atoms with van der Waals surface area (Å²) in [4.78, 5) is 46.6. The third-order valence-corrected chi connectivity index (χ3v) is 11.7. The van der Waals surface area contributed by atoms with Gasteiger partial charge in [0.1, 0.15) is 23.9 Å². The molecule has 2 saturated heterocycles. The smallest absolute Gasteiger partial charge is 0.411 e. The van der Waals surface area contributed by atoms with E-state index in [1.807, 2.05) is 73.3 Å². The zero-order chi connectivity index (χ0) is 37.4. The van der Waals surface area contributed by atoms with E-state index in [0.29, 0.717) is 11.8 Å². The molecule has 55 heavy (non-hydrogen) atoms. The number of H-pyrrole nitrogens is 2. The van der Waals surface area contributed by atoms with Gasteiger partial charge in [0, 0.05) is 17.6 Å². The van der Waals surface area contributed by atoms with Gasteiger partial charge in [-0.2, -0.15) is 0 Å². The minimum Gasteiger partial charge on any atom is -0.445 e. The maximum atomic E-state index is 13.2. The molecule has 2 aromatic heterocycles. The first-order valence-electron chi connectivity index (χ1n) is 19.4. The molecule has 4 aliphatic rings. The molecule has 2 aliphatic carbocycles. The first-order valence-corrected chi connectivity index (χ1v) is 19.4.